The molecular weight excluding hydrogens is 438 g/mol. The molecule has 0 saturated carbocycles. The van der Waals surface area contributed by atoms with Gasteiger partial charge < -0.3 is 10.2 Å². The number of aromatic nitrogens is 2. The monoisotopic (exact) mass is 467 g/mol. The topological polar surface area (TPSA) is 70.5 Å². The zero-order valence-corrected chi connectivity index (χ0v) is 19.9. The number of rotatable bonds is 6. The van der Waals surface area contributed by atoms with Gasteiger partial charge >= 0.3 is 0 Å². The number of piperazine rings is 1. The van der Waals surface area contributed by atoms with E-state index >= 15 is 0 Å². The fourth-order valence-corrected chi connectivity index (χ4v) is 4.56. The quantitative estimate of drug-likeness (QED) is 0.466. The van der Waals surface area contributed by atoms with Crippen LogP contribution in [0.3, 0.4) is 0 Å². The standard InChI is InChI=1S/C28H29N5O2/c1-2-21-7-3-4-8-24(21)30-27(34)19-31-15-17-32(18-16-31)28(35)22-11-13-23(14-12-22)33-20-29-25-9-5-6-10-26(25)33/h3-14,20H,2,15-19H2,1H3,(H,30,34). The Labute approximate surface area is 205 Å². The molecule has 0 spiro atoms. The van der Waals surface area contributed by atoms with Crippen molar-refractivity contribution >= 4 is 28.5 Å². The summed E-state index contributed by atoms with van der Waals surface area (Å²) < 4.78 is 2.02. The molecule has 1 aromatic heterocycles. The molecule has 7 nitrogen and oxygen atoms in total. The summed E-state index contributed by atoms with van der Waals surface area (Å²) in [5, 5.41) is 3.03. The average Bonchev–Trinajstić information content (AvgIpc) is 3.33. The number of fused-ring (bicyclic) bond motifs is 1. The highest BCUT2D eigenvalue weighted by molar-refractivity contribution is 5.95. The second-order valence-corrected chi connectivity index (χ2v) is 8.78. The van der Waals surface area contributed by atoms with Gasteiger partial charge in [0.05, 0.1) is 17.6 Å². The summed E-state index contributed by atoms with van der Waals surface area (Å²) in [4.78, 5) is 34.0. The smallest absolute Gasteiger partial charge is 0.253 e. The van der Waals surface area contributed by atoms with E-state index in [1.807, 2.05) is 82.3 Å². The van der Waals surface area contributed by atoms with Gasteiger partial charge in [0.25, 0.3) is 5.91 Å². The third-order valence-corrected chi connectivity index (χ3v) is 6.55. The molecule has 2 heterocycles. The molecule has 4 aromatic rings. The first-order valence-corrected chi connectivity index (χ1v) is 12.0. The molecule has 1 aliphatic heterocycles. The van der Waals surface area contributed by atoms with Crippen LogP contribution in [0, 0.1) is 0 Å². The largest absolute Gasteiger partial charge is 0.336 e. The Bertz CT molecular complexity index is 1340. The Hall–Kier alpha value is -3.97. The van der Waals surface area contributed by atoms with Crippen molar-refractivity contribution in [3.8, 4) is 5.69 Å². The number of anilines is 1. The van der Waals surface area contributed by atoms with Gasteiger partial charge in [0.15, 0.2) is 0 Å². The van der Waals surface area contributed by atoms with Gasteiger partial charge in [0, 0.05) is 43.1 Å². The Morgan fingerprint density at radius 1 is 0.886 bits per heavy atom. The summed E-state index contributed by atoms with van der Waals surface area (Å²) in [6.07, 6.45) is 2.68. The van der Waals surface area contributed by atoms with E-state index in [0.29, 0.717) is 38.3 Å². The zero-order chi connectivity index (χ0) is 24.2. The maximum absolute atomic E-state index is 13.1. The van der Waals surface area contributed by atoms with Crippen molar-refractivity contribution in [3.63, 3.8) is 0 Å². The molecule has 0 atom stereocenters. The maximum Gasteiger partial charge on any atom is 0.253 e. The van der Waals surface area contributed by atoms with Crippen molar-refractivity contribution in [2.45, 2.75) is 13.3 Å². The van der Waals surface area contributed by atoms with Gasteiger partial charge in [-0.25, -0.2) is 4.98 Å². The molecule has 3 aromatic carbocycles. The predicted molar refractivity (Wildman–Crippen MR) is 138 cm³/mol. The molecule has 178 valence electrons. The fourth-order valence-electron chi connectivity index (χ4n) is 4.56. The normalized spacial score (nSPS) is 14.3. The number of aryl methyl sites for hydroxylation is 1. The highest BCUT2D eigenvalue weighted by atomic mass is 16.2. The van der Waals surface area contributed by atoms with Crippen molar-refractivity contribution in [1.82, 2.24) is 19.4 Å². The molecule has 35 heavy (non-hydrogen) atoms. The molecule has 1 saturated heterocycles. The lowest BCUT2D eigenvalue weighted by Crippen LogP contribution is -2.50. The molecule has 7 heteroatoms. The van der Waals surface area contributed by atoms with Crippen LogP contribution in [0.25, 0.3) is 16.7 Å². The van der Waals surface area contributed by atoms with Crippen molar-refractivity contribution in [2.75, 3.05) is 38.0 Å². The van der Waals surface area contributed by atoms with Crippen molar-refractivity contribution in [1.29, 1.82) is 0 Å². The van der Waals surface area contributed by atoms with E-state index < -0.39 is 0 Å². The minimum Gasteiger partial charge on any atom is -0.336 e. The second-order valence-electron chi connectivity index (χ2n) is 8.78. The van der Waals surface area contributed by atoms with Crippen LogP contribution < -0.4 is 5.32 Å². The number of imidazole rings is 1. The van der Waals surface area contributed by atoms with Crippen LogP contribution in [-0.4, -0.2) is 63.9 Å². The summed E-state index contributed by atoms with van der Waals surface area (Å²) in [6, 6.07) is 23.5. The van der Waals surface area contributed by atoms with Gasteiger partial charge in [-0.1, -0.05) is 37.3 Å². The number of carbonyl (C=O) groups is 2. The predicted octanol–water partition coefficient (Wildman–Crippen LogP) is 3.98. The van der Waals surface area contributed by atoms with Crippen LogP contribution in [-0.2, 0) is 11.2 Å². The number of nitrogens with one attached hydrogen (secondary N) is 1. The summed E-state index contributed by atoms with van der Waals surface area (Å²) in [5.41, 5.74) is 5.61. The number of benzene rings is 3. The van der Waals surface area contributed by atoms with Gasteiger partial charge in [0.1, 0.15) is 6.33 Å². The molecule has 0 radical (unpaired) electrons. The number of hydrogen-bond donors (Lipinski definition) is 1. The average molecular weight is 468 g/mol. The number of hydrogen-bond acceptors (Lipinski definition) is 4. The first-order valence-electron chi connectivity index (χ1n) is 12.0. The second kappa shape index (κ2) is 10.1. The van der Waals surface area contributed by atoms with Gasteiger partial charge in [-0.15, -0.1) is 0 Å². The highest BCUT2D eigenvalue weighted by Gasteiger charge is 2.23. The minimum absolute atomic E-state index is 0.0201. The van der Waals surface area contributed by atoms with Crippen LogP contribution in [0.4, 0.5) is 5.69 Å². The molecular formula is C28H29N5O2. The van der Waals surface area contributed by atoms with Gasteiger partial charge in [-0.2, -0.15) is 0 Å². The lowest BCUT2D eigenvalue weighted by atomic mass is 10.1. The summed E-state index contributed by atoms with van der Waals surface area (Å²) in [6.45, 7) is 4.96. The van der Waals surface area contributed by atoms with E-state index in [-0.39, 0.29) is 11.8 Å². The third kappa shape index (κ3) is 4.95. The molecule has 1 aliphatic rings. The van der Waals surface area contributed by atoms with Crippen LogP contribution in [0.1, 0.15) is 22.8 Å². The molecule has 2 amide bonds. The van der Waals surface area contributed by atoms with E-state index in [2.05, 4.69) is 22.1 Å². The summed E-state index contributed by atoms with van der Waals surface area (Å²) in [7, 11) is 0. The Kier molecular flexibility index (Phi) is 6.59. The minimum atomic E-state index is -0.0201. The first-order chi connectivity index (χ1) is 17.1. The SMILES string of the molecule is CCc1ccccc1NC(=O)CN1CCN(C(=O)c2ccc(-n3cnc4ccccc43)cc2)CC1. The Balaban J connectivity index is 1.16. The molecule has 1 N–H and O–H groups in total. The zero-order valence-electron chi connectivity index (χ0n) is 19.9. The van der Waals surface area contributed by atoms with Gasteiger partial charge in [-0.05, 0) is 54.4 Å². The Morgan fingerprint density at radius 2 is 1.60 bits per heavy atom. The first kappa shape index (κ1) is 22.8. The van der Waals surface area contributed by atoms with Crippen LogP contribution in [0.15, 0.2) is 79.1 Å². The molecule has 0 aliphatic carbocycles. The summed E-state index contributed by atoms with van der Waals surface area (Å²) in [5.74, 6) is 0.00121. The van der Waals surface area contributed by atoms with Crippen molar-refractivity contribution in [2.24, 2.45) is 0 Å². The van der Waals surface area contributed by atoms with Crippen LogP contribution in [0.2, 0.25) is 0 Å². The highest BCUT2D eigenvalue weighted by Crippen LogP contribution is 2.19. The number of amides is 2. The van der Waals surface area contributed by atoms with E-state index in [0.717, 1.165) is 34.4 Å². The Morgan fingerprint density at radius 3 is 2.37 bits per heavy atom. The number of para-hydroxylation sites is 3. The molecule has 0 bridgehead atoms. The number of nitrogens with zero attached hydrogens (tertiary/aromatic N) is 4. The molecule has 0 unspecified atom stereocenters. The lowest BCUT2D eigenvalue weighted by molar-refractivity contribution is -0.117. The maximum atomic E-state index is 13.1. The van der Waals surface area contributed by atoms with Crippen molar-refractivity contribution < 1.29 is 9.59 Å². The fraction of sp³-hybridized carbons (Fsp3) is 0.250. The lowest BCUT2D eigenvalue weighted by Gasteiger charge is -2.34. The van der Waals surface area contributed by atoms with Crippen LogP contribution in [0.5, 0.6) is 0 Å². The van der Waals surface area contributed by atoms with Crippen LogP contribution >= 0.6 is 0 Å². The van der Waals surface area contributed by atoms with E-state index in [1.54, 1.807) is 6.33 Å². The van der Waals surface area contributed by atoms with Gasteiger partial charge in [0.2, 0.25) is 5.91 Å². The number of carbonyl (C=O) groups excluding carboxylic acids is 2. The van der Waals surface area contributed by atoms with E-state index in [1.165, 1.54) is 0 Å². The van der Waals surface area contributed by atoms with Gasteiger partial charge in [-0.3, -0.25) is 19.1 Å². The van der Waals surface area contributed by atoms with E-state index in [9.17, 15) is 9.59 Å². The molecule has 5 rings (SSSR count). The third-order valence-electron chi connectivity index (χ3n) is 6.55. The van der Waals surface area contributed by atoms with Crippen molar-refractivity contribution in [3.05, 3.63) is 90.3 Å². The van der Waals surface area contributed by atoms with E-state index in [4.69, 9.17) is 0 Å². The molecule has 1 fully saturated rings. The summed E-state index contributed by atoms with van der Waals surface area (Å²) >= 11 is 0.